The van der Waals surface area contributed by atoms with Crippen molar-refractivity contribution < 1.29 is 14.3 Å². The highest BCUT2D eigenvalue weighted by atomic mass is 16.5. The summed E-state index contributed by atoms with van der Waals surface area (Å²) in [7, 11) is 3.21. The van der Waals surface area contributed by atoms with E-state index in [1.807, 2.05) is 43.3 Å². The third kappa shape index (κ3) is 2.60. The minimum Gasteiger partial charge on any atom is -0.493 e. The molecule has 0 bridgehead atoms. The van der Waals surface area contributed by atoms with Crippen LogP contribution >= 0.6 is 0 Å². The number of benzene rings is 2. The zero-order valence-corrected chi connectivity index (χ0v) is 11.3. The van der Waals surface area contributed by atoms with Gasteiger partial charge in [0.15, 0.2) is 11.5 Å². The molecular formula is C16H16O3. The summed E-state index contributed by atoms with van der Waals surface area (Å²) >= 11 is 0. The summed E-state index contributed by atoms with van der Waals surface area (Å²) in [4.78, 5) is 10.9. The lowest BCUT2D eigenvalue weighted by Gasteiger charge is -2.11. The van der Waals surface area contributed by atoms with Gasteiger partial charge in [-0.3, -0.25) is 4.79 Å². The molecule has 0 aliphatic heterocycles. The molecule has 2 aromatic rings. The zero-order chi connectivity index (χ0) is 13.8. The van der Waals surface area contributed by atoms with E-state index in [2.05, 4.69) is 0 Å². The average molecular weight is 256 g/mol. The fraction of sp³-hybridized carbons (Fsp3) is 0.188. The van der Waals surface area contributed by atoms with E-state index in [0.29, 0.717) is 17.1 Å². The van der Waals surface area contributed by atoms with Gasteiger partial charge >= 0.3 is 0 Å². The highest BCUT2D eigenvalue weighted by Crippen LogP contribution is 2.33. The Kier molecular flexibility index (Phi) is 3.85. The molecule has 2 rings (SSSR count). The van der Waals surface area contributed by atoms with Crippen molar-refractivity contribution in [1.29, 1.82) is 0 Å². The lowest BCUT2D eigenvalue weighted by atomic mass is 9.98. The zero-order valence-electron chi connectivity index (χ0n) is 11.3. The minimum atomic E-state index is 0.662. The van der Waals surface area contributed by atoms with Crippen molar-refractivity contribution >= 4 is 6.29 Å². The van der Waals surface area contributed by atoms with Gasteiger partial charge in [-0.05, 0) is 41.8 Å². The fourth-order valence-corrected chi connectivity index (χ4v) is 2.03. The Balaban J connectivity index is 2.55. The molecule has 3 nitrogen and oxygen atoms in total. The Bertz CT molecular complexity index is 603. The summed E-state index contributed by atoms with van der Waals surface area (Å²) in [6.45, 7) is 2.01. The number of rotatable bonds is 4. The van der Waals surface area contributed by atoms with Crippen molar-refractivity contribution in [2.45, 2.75) is 6.92 Å². The van der Waals surface area contributed by atoms with Crippen molar-refractivity contribution in [3.8, 4) is 22.6 Å². The molecule has 0 amide bonds. The normalized spacial score (nSPS) is 10.1. The van der Waals surface area contributed by atoms with Crippen molar-refractivity contribution in [1.82, 2.24) is 0 Å². The molecule has 0 saturated heterocycles. The van der Waals surface area contributed by atoms with Crippen LogP contribution < -0.4 is 9.47 Å². The molecule has 3 heteroatoms. The van der Waals surface area contributed by atoms with Crippen LogP contribution in [-0.4, -0.2) is 20.5 Å². The first-order valence-electron chi connectivity index (χ1n) is 5.98. The van der Waals surface area contributed by atoms with Gasteiger partial charge < -0.3 is 9.47 Å². The van der Waals surface area contributed by atoms with Crippen LogP contribution in [0.2, 0.25) is 0 Å². The SMILES string of the molecule is COc1ccc(-c2cc(C=O)ccc2C)cc1OC. The first kappa shape index (κ1) is 13.1. The second-order valence-corrected chi connectivity index (χ2v) is 4.26. The molecule has 98 valence electrons. The maximum atomic E-state index is 10.9. The molecule has 0 atom stereocenters. The maximum Gasteiger partial charge on any atom is 0.161 e. The lowest BCUT2D eigenvalue weighted by molar-refractivity contribution is 0.112. The summed E-state index contributed by atoms with van der Waals surface area (Å²) < 4.78 is 10.5. The van der Waals surface area contributed by atoms with Crippen LogP contribution in [0.1, 0.15) is 15.9 Å². The quantitative estimate of drug-likeness (QED) is 0.785. The molecular weight excluding hydrogens is 240 g/mol. The Morgan fingerprint density at radius 3 is 2.32 bits per heavy atom. The third-order valence-electron chi connectivity index (χ3n) is 3.09. The van der Waals surface area contributed by atoms with Gasteiger partial charge in [0.05, 0.1) is 14.2 Å². The van der Waals surface area contributed by atoms with E-state index < -0.39 is 0 Å². The van der Waals surface area contributed by atoms with Gasteiger partial charge in [-0.1, -0.05) is 18.2 Å². The number of carbonyl (C=O) groups excluding carboxylic acids is 1. The first-order chi connectivity index (χ1) is 9.19. The topological polar surface area (TPSA) is 35.5 Å². The first-order valence-corrected chi connectivity index (χ1v) is 5.98. The second-order valence-electron chi connectivity index (χ2n) is 4.26. The van der Waals surface area contributed by atoms with E-state index in [-0.39, 0.29) is 0 Å². The number of hydrogen-bond acceptors (Lipinski definition) is 3. The molecule has 0 aromatic heterocycles. The molecule has 0 N–H and O–H groups in total. The number of aryl methyl sites for hydroxylation is 1. The molecule has 0 aliphatic rings. The number of methoxy groups -OCH3 is 2. The molecule has 0 radical (unpaired) electrons. The van der Waals surface area contributed by atoms with Crippen LogP contribution in [0.15, 0.2) is 36.4 Å². The number of carbonyl (C=O) groups is 1. The lowest BCUT2D eigenvalue weighted by Crippen LogP contribution is -1.92. The molecule has 2 aromatic carbocycles. The highest BCUT2D eigenvalue weighted by Gasteiger charge is 2.08. The monoisotopic (exact) mass is 256 g/mol. The second kappa shape index (κ2) is 5.57. The molecule has 0 fully saturated rings. The Hall–Kier alpha value is -2.29. The van der Waals surface area contributed by atoms with E-state index in [0.717, 1.165) is 23.0 Å². The maximum absolute atomic E-state index is 10.9. The summed E-state index contributed by atoms with van der Waals surface area (Å²) in [5.41, 5.74) is 3.79. The van der Waals surface area contributed by atoms with Crippen LogP contribution in [0.4, 0.5) is 0 Å². The predicted octanol–water partition coefficient (Wildman–Crippen LogP) is 3.49. The van der Waals surface area contributed by atoms with Gasteiger partial charge in [-0.15, -0.1) is 0 Å². The van der Waals surface area contributed by atoms with Crippen molar-refractivity contribution in [3.63, 3.8) is 0 Å². The van der Waals surface area contributed by atoms with Gasteiger partial charge in [0.2, 0.25) is 0 Å². The molecule has 0 unspecified atom stereocenters. The number of ether oxygens (including phenoxy) is 2. The van der Waals surface area contributed by atoms with Crippen LogP contribution in [-0.2, 0) is 0 Å². The highest BCUT2D eigenvalue weighted by molar-refractivity contribution is 5.80. The van der Waals surface area contributed by atoms with Gasteiger partial charge in [0.25, 0.3) is 0 Å². The summed E-state index contributed by atoms with van der Waals surface area (Å²) in [5.74, 6) is 1.37. The minimum absolute atomic E-state index is 0.662. The summed E-state index contributed by atoms with van der Waals surface area (Å²) in [6.07, 6.45) is 0.851. The third-order valence-corrected chi connectivity index (χ3v) is 3.09. The Morgan fingerprint density at radius 1 is 0.947 bits per heavy atom. The van der Waals surface area contributed by atoms with Gasteiger partial charge in [0.1, 0.15) is 6.29 Å². The Labute approximate surface area is 112 Å². The molecule has 0 saturated carbocycles. The molecule has 0 aliphatic carbocycles. The van der Waals surface area contributed by atoms with Gasteiger partial charge in [-0.2, -0.15) is 0 Å². The van der Waals surface area contributed by atoms with Crippen molar-refractivity contribution in [2.75, 3.05) is 14.2 Å². The average Bonchev–Trinajstić information content (AvgIpc) is 2.47. The number of aldehydes is 1. The summed E-state index contributed by atoms with van der Waals surface area (Å²) in [5, 5.41) is 0. The van der Waals surface area contributed by atoms with E-state index in [1.165, 1.54) is 0 Å². The van der Waals surface area contributed by atoms with E-state index in [4.69, 9.17) is 9.47 Å². The standard InChI is InChI=1S/C16H16O3/c1-11-4-5-12(10-17)8-14(11)13-6-7-15(18-2)16(9-13)19-3/h4-10H,1-3H3. The van der Waals surface area contributed by atoms with E-state index in [1.54, 1.807) is 14.2 Å². The van der Waals surface area contributed by atoms with E-state index >= 15 is 0 Å². The molecule has 19 heavy (non-hydrogen) atoms. The van der Waals surface area contributed by atoms with Crippen LogP contribution in [0, 0.1) is 6.92 Å². The largest absolute Gasteiger partial charge is 0.493 e. The molecule has 0 heterocycles. The van der Waals surface area contributed by atoms with Gasteiger partial charge in [-0.25, -0.2) is 0 Å². The number of hydrogen-bond donors (Lipinski definition) is 0. The van der Waals surface area contributed by atoms with Crippen molar-refractivity contribution in [2.24, 2.45) is 0 Å². The van der Waals surface area contributed by atoms with Crippen LogP contribution in [0.3, 0.4) is 0 Å². The van der Waals surface area contributed by atoms with Crippen LogP contribution in [0.5, 0.6) is 11.5 Å². The Morgan fingerprint density at radius 2 is 1.68 bits per heavy atom. The fourth-order valence-electron chi connectivity index (χ4n) is 2.03. The van der Waals surface area contributed by atoms with Gasteiger partial charge in [0, 0.05) is 5.56 Å². The smallest absolute Gasteiger partial charge is 0.161 e. The van der Waals surface area contributed by atoms with E-state index in [9.17, 15) is 4.79 Å². The summed E-state index contributed by atoms with van der Waals surface area (Å²) in [6, 6.07) is 11.4. The molecule has 0 spiro atoms. The van der Waals surface area contributed by atoms with Crippen LogP contribution in [0.25, 0.3) is 11.1 Å². The predicted molar refractivity (Wildman–Crippen MR) is 75.1 cm³/mol. The van der Waals surface area contributed by atoms with Crippen molar-refractivity contribution in [3.05, 3.63) is 47.5 Å².